The average molecular weight is 230 g/mol. The molecular formula is C10H18N2O4. The number of carbonyl (C=O) groups is 1. The molecule has 1 unspecified atom stereocenters. The third-order valence-electron chi connectivity index (χ3n) is 1.90. The summed E-state index contributed by atoms with van der Waals surface area (Å²) in [7, 11) is 0. The van der Waals surface area contributed by atoms with E-state index in [-0.39, 0.29) is 6.61 Å². The molecule has 0 heterocycles. The van der Waals surface area contributed by atoms with Crippen LogP contribution in [-0.2, 0) is 9.53 Å². The molecule has 0 bridgehead atoms. The van der Waals surface area contributed by atoms with Crippen LogP contribution in [-0.4, -0.2) is 41.8 Å². The van der Waals surface area contributed by atoms with Gasteiger partial charge in [0.15, 0.2) is 0 Å². The normalized spacial score (nSPS) is 14.1. The highest BCUT2D eigenvalue weighted by Gasteiger charge is 2.10. The second-order valence-corrected chi connectivity index (χ2v) is 3.26. The van der Waals surface area contributed by atoms with Gasteiger partial charge in [-0.2, -0.15) is 0 Å². The number of ether oxygens (including phenoxy) is 1. The van der Waals surface area contributed by atoms with Gasteiger partial charge in [-0.3, -0.25) is 10.1 Å². The fraction of sp³-hybridized carbons (Fsp3) is 0.700. The SMILES string of the molecule is C#CCOC(O)NCCCC[C@H](N)C(=O)O. The van der Waals surface area contributed by atoms with Crippen LogP contribution >= 0.6 is 0 Å². The van der Waals surface area contributed by atoms with E-state index in [4.69, 9.17) is 27.1 Å². The highest BCUT2D eigenvalue weighted by atomic mass is 16.6. The average Bonchev–Trinajstić information content (AvgIpc) is 2.25. The standard InChI is InChI=1S/C10H18N2O4/c1-2-7-16-10(15)12-6-4-3-5-8(11)9(13)14/h1,8,10,12,15H,3-7,11H2,(H,13,14)/t8-,10?/m0/s1. The first-order chi connectivity index (χ1) is 7.57. The van der Waals surface area contributed by atoms with Crippen molar-refractivity contribution in [3.05, 3.63) is 0 Å². The summed E-state index contributed by atoms with van der Waals surface area (Å²) in [4.78, 5) is 10.4. The lowest BCUT2D eigenvalue weighted by molar-refractivity contribution is -0.138. The van der Waals surface area contributed by atoms with E-state index in [2.05, 4.69) is 11.2 Å². The molecule has 0 aromatic rings. The number of nitrogens with one attached hydrogen (secondary N) is 1. The molecule has 0 aliphatic heterocycles. The van der Waals surface area contributed by atoms with E-state index in [0.717, 1.165) is 0 Å². The van der Waals surface area contributed by atoms with Crippen molar-refractivity contribution in [2.45, 2.75) is 31.7 Å². The lowest BCUT2D eigenvalue weighted by atomic mass is 10.1. The van der Waals surface area contributed by atoms with Gasteiger partial charge in [0.05, 0.1) is 0 Å². The lowest BCUT2D eigenvalue weighted by Gasteiger charge is -2.12. The molecule has 0 saturated carbocycles. The molecule has 6 heteroatoms. The Morgan fingerprint density at radius 1 is 1.56 bits per heavy atom. The van der Waals surface area contributed by atoms with Crippen molar-refractivity contribution in [2.24, 2.45) is 5.73 Å². The number of hydrogen-bond acceptors (Lipinski definition) is 5. The molecule has 0 rings (SSSR count). The molecule has 5 N–H and O–H groups in total. The lowest BCUT2D eigenvalue weighted by Crippen LogP contribution is -2.33. The van der Waals surface area contributed by atoms with Crippen molar-refractivity contribution < 1.29 is 19.7 Å². The summed E-state index contributed by atoms with van der Waals surface area (Å²) in [5.41, 5.74) is 5.31. The summed E-state index contributed by atoms with van der Waals surface area (Å²) < 4.78 is 4.75. The van der Waals surface area contributed by atoms with E-state index >= 15 is 0 Å². The third-order valence-corrected chi connectivity index (χ3v) is 1.90. The predicted molar refractivity (Wildman–Crippen MR) is 58.3 cm³/mol. The smallest absolute Gasteiger partial charge is 0.320 e. The fourth-order valence-corrected chi connectivity index (χ4v) is 1.02. The van der Waals surface area contributed by atoms with Gasteiger partial charge in [0.25, 0.3) is 0 Å². The Kier molecular flexibility index (Phi) is 8.48. The van der Waals surface area contributed by atoms with Crippen LogP contribution in [0.3, 0.4) is 0 Å². The zero-order valence-corrected chi connectivity index (χ0v) is 9.06. The first-order valence-electron chi connectivity index (χ1n) is 5.03. The first kappa shape index (κ1) is 14.9. The molecule has 0 amide bonds. The number of rotatable bonds is 9. The molecule has 0 aliphatic carbocycles. The van der Waals surface area contributed by atoms with E-state index in [0.29, 0.717) is 25.8 Å². The number of unbranched alkanes of at least 4 members (excludes halogenated alkanes) is 1. The number of carboxylic acids is 1. The molecule has 0 saturated heterocycles. The Balaban J connectivity index is 3.33. The number of terminal acetylenes is 1. The summed E-state index contributed by atoms with van der Waals surface area (Å²) in [5, 5.41) is 20.3. The number of nitrogens with two attached hydrogens (primary N) is 1. The quantitative estimate of drug-likeness (QED) is 0.232. The van der Waals surface area contributed by atoms with Crippen molar-refractivity contribution in [1.29, 1.82) is 0 Å². The molecular weight excluding hydrogens is 212 g/mol. The van der Waals surface area contributed by atoms with Gasteiger partial charge >= 0.3 is 5.97 Å². The minimum Gasteiger partial charge on any atom is -0.480 e. The third kappa shape index (κ3) is 8.20. The van der Waals surface area contributed by atoms with Gasteiger partial charge in [-0.05, 0) is 19.4 Å². The molecule has 92 valence electrons. The summed E-state index contributed by atoms with van der Waals surface area (Å²) in [5.74, 6) is 1.23. The number of aliphatic hydroxyl groups excluding tert-OH is 1. The van der Waals surface area contributed by atoms with Crippen molar-refractivity contribution in [3.63, 3.8) is 0 Å². The van der Waals surface area contributed by atoms with E-state index in [1.54, 1.807) is 0 Å². The predicted octanol–water partition coefficient (Wildman–Crippen LogP) is -0.916. The summed E-state index contributed by atoms with van der Waals surface area (Å²) >= 11 is 0. The number of aliphatic hydroxyl groups is 1. The van der Waals surface area contributed by atoms with E-state index in [1.807, 2.05) is 0 Å². The van der Waals surface area contributed by atoms with Gasteiger partial charge in [-0.15, -0.1) is 6.42 Å². The van der Waals surface area contributed by atoms with Gasteiger partial charge in [0, 0.05) is 0 Å². The second-order valence-electron chi connectivity index (χ2n) is 3.26. The van der Waals surface area contributed by atoms with Gasteiger partial charge < -0.3 is 20.7 Å². The maximum Gasteiger partial charge on any atom is 0.320 e. The monoisotopic (exact) mass is 230 g/mol. The molecule has 0 fully saturated rings. The maximum atomic E-state index is 10.4. The van der Waals surface area contributed by atoms with Crippen molar-refractivity contribution in [1.82, 2.24) is 5.32 Å². The largest absolute Gasteiger partial charge is 0.480 e. The van der Waals surface area contributed by atoms with Crippen molar-refractivity contribution >= 4 is 5.97 Å². The van der Waals surface area contributed by atoms with E-state index in [9.17, 15) is 4.79 Å². The Bertz CT molecular complexity index is 239. The van der Waals surface area contributed by atoms with Crippen LogP contribution in [0.1, 0.15) is 19.3 Å². The minimum atomic E-state index is -1.08. The van der Waals surface area contributed by atoms with Crippen LogP contribution in [0, 0.1) is 12.3 Å². The van der Waals surface area contributed by atoms with Gasteiger partial charge in [0.2, 0.25) is 6.41 Å². The number of hydrogen-bond donors (Lipinski definition) is 4. The molecule has 0 aromatic carbocycles. The van der Waals surface area contributed by atoms with Crippen LogP contribution < -0.4 is 11.1 Å². The van der Waals surface area contributed by atoms with Crippen LogP contribution in [0.2, 0.25) is 0 Å². The van der Waals surface area contributed by atoms with Crippen molar-refractivity contribution in [3.8, 4) is 12.3 Å². The van der Waals surface area contributed by atoms with Crippen LogP contribution in [0.4, 0.5) is 0 Å². The first-order valence-corrected chi connectivity index (χ1v) is 5.03. The molecule has 0 aliphatic rings. The molecule has 2 atom stereocenters. The van der Waals surface area contributed by atoms with Crippen molar-refractivity contribution in [2.75, 3.05) is 13.2 Å². The van der Waals surface area contributed by atoms with Gasteiger partial charge in [-0.25, -0.2) is 0 Å². The Hall–Kier alpha value is -1.13. The molecule has 0 radical (unpaired) electrons. The topological polar surface area (TPSA) is 105 Å². The van der Waals surface area contributed by atoms with Crippen LogP contribution in [0.25, 0.3) is 0 Å². The molecule has 16 heavy (non-hydrogen) atoms. The highest BCUT2D eigenvalue weighted by Crippen LogP contribution is 1.98. The summed E-state index contributed by atoms with van der Waals surface area (Å²) in [6, 6.07) is -0.817. The Labute approximate surface area is 94.8 Å². The summed E-state index contributed by atoms with van der Waals surface area (Å²) in [6.45, 7) is 0.552. The van der Waals surface area contributed by atoms with Crippen LogP contribution in [0.15, 0.2) is 0 Å². The minimum absolute atomic E-state index is 0.0397. The molecule has 0 spiro atoms. The van der Waals surface area contributed by atoms with Gasteiger partial charge in [-0.1, -0.05) is 12.3 Å². The van der Waals surface area contributed by atoms with Crippen LogP contribution in [0.5, 0.6) is 0 Å². The molecule has 6 nitrogen and oxygen atoms in total. The van der Waals surface area contributed by atoms with Gasteiger partial charge in [0.1, 0.15) is 12.6 Å². The Morgan fingerprint density at radius 3 is 2.81 bits per heavy atom. The highest BCUT2D eigenvalue weighted by molar-refractivity contribution is 5.72. The zero-order chi connectivity index (χ0) is 12.4. The fourth-order valence-electron chi connectivity index (χ4n) is 1.02. The Morgan fingerprint density at radius 2 is 2.25 bits per heavy atom. The van der Waals surface area contributed by atoms with E-state index < -0.39 is 18.4 Å². The van der Waals surface area contributed by atoms with E-state index in [1.165, 1.54) is 0 Å². The number of aliphatic carboxylic acids is 1. The summed E-state index contributed by atoms with van der Waals surface area (Å²) in [6.07, 6.45) is 5.64. The second kappa shape index (κ2) is 9.12. The molecule has 0 aromatic heterocycles. The number of carboxylic acid groups (broad SMARTS) is 1. The maximum absolute atomic E-state index is 10.4. The zero-order valence-electron chi connectivity index (χ0n) is 9.06.